The van der Waals surface area contributed by atoms with Crippen LogP contribution in [0.15, 0.2) is 24.3 Å². The Morgan fingerprint density at radius 2 is 1.74 bits per heavy atom. The van der Waals surface area contributed by atoms with Gasteiger partial charge in [0.15, 0.2) is 0 Å². The lowest BCUT2D eigenvalue weighted by molar-refractivity contribution is 0.0710. The molecule has 2 heteroatoms. The second-order valence-electron chi connectivity index (χ2n) is 7.73. The summed E-state index contributed by atoms with van der Waals surface area (Å²) in [4.78, 5) is 2.49. The Labute approximate surface area is 143 Å². The van der Waals surface area contributed by atoms with Gasteiger partial charge in [-0.2, -0.15) is 0 Å². The molecule has 1 aromatic carbocycles. The Balaban J connectivity index is 1.92. The number of nitrogens with zero attached hydrogens (tertiary/aromatic N) is 1. The Morgan fingerprint density at radius 1 is 1.09 bits per heavy atom. The van der Waals surface area contributed by atoms with Crippen molar-refractivity contribution in [2.75, 3.05) is 18.0 Å². The van der Waals surface area contributed by atoms with Crippen LogP contribution in [0.5, 0.6) is 5.75 Å². The number of anilines is 1. The molecule has 0 spiro atoms. The van der Waals surface area contributed by atoms with Crippen LogP contribution in [0.4, 0.5) is 5.69 Å². The van der Waals surface area contributed by atoms with Gasteiger partial charge in [0, 0.05) is 18.8 Å². The van der Waals surface area contributed by atoms with E-state index in [1.807, 2.05) is 0 Å². The van der Waals surface area contributed by atoms with Crippen molar-refractivity contribution in [3.05, 3.63) is 24.3 Å². The van der Waals surface area contributed by atoms with Crippen molar-refractivity contribution in [1.82, 2.24) is 0 Å². The number of hydrogen-bond acceptors (Lipinski definition) is 2. The Hall–Kier alpha value is -1.18. The minimum absolute atomic E-state index is 0.0401. The minimum atomic E-state index is -0.0401. The molecule has 0 aromatic heterocycles. The number of ether oxygens (including phenoxy) is 1. The zero-order valence-corrected chi connectivity index (χ0v) is 15.6. The van der Waals surface area contributed by atoms with E-state index in [2.05, 4.69) is 56.9 Å². The summed E-state index contributed by atoms with van der Waals surface area (Å²) < 4.78 is 6.36. The molecule has 1 atom stereocenters. The van der Waals surface area contributed by atoms with E-state index < -0.39 is 0 Å². The van der Waals surface area contributed by atoms with Crippen molar-refractivity contribution in [2.24, 2.45) is 5.92 Å². The molecular weight excluding hydrogens is 282 g/mol. The van der Waals surface area contributed by atoms with Crippen molar-refractivity contribution in [3.8, 4) is 5.75 Å². The summed E-state index contributed by atoms with van der Waals surface area (Å²) in [5, 5.41) is 0. The Morgan fingerprint density at radius 3 is 2.30 bits per heavy atom. The normalized spacial score (nSPS) is 18.0. The van der Waals surface area contributed by atoms with E-state index in [0.717, 1.165) is 24.5 Å². The highest BCUT2D eigenvalue weighted by atomic mass is 16.5. The highest BCUT2D eigenvalue weighted by Crippen LogP contribution is 2.29. The van der Waals surface area contributed by atoms with E-state index in [-0.39, 0.29) is 5.60 Å². The SMILES string of the molecule is CCC(C)(CCCC(C)C)Oc1ccc(N2CCCCC2)cc1. The average Bonchev–Trinajstić information content (AvgIpc) is 2.56. The lowest BCUT2D eigenvalue weighted by atomic mass is 9.93. The van der Waals surface area contributed by atoms with Gasteiger partial charge in [-0.15, -0.1) is 0 Å². The Bertz CT molecular complexity index is 447. The third kappa shape index (κ3) is 5.75. The molecule has 1 saturated heterocycles. The van der Waals surface area contributed by atoms with E-state index >= 15 is 0 Å². The molecule has 2 rings (SSSR count). The summed E-state index contributed by atoms with van der Waals surface area (Å²) in [6.07, 6.45) is 8.74. The largest absolute Gasteiger partial charge is 0.488 e. The fraction of sp³-hybridized carbons (Fsp3) is 0.714. The zero-order chi connectivity index (χ0) is 16.7. The third-order valence-corrected chi connectivity index (χ3v) is 5.16. The number of rotatable bonds is 8. The lowest BCUT2D eigenvalue weighted by Crippen LogP contribution is -2.31. The van der Waals surface area contributed by atoms with Crippen LogP contribution < -0.4 is 9.64 Å². The predicted molar refractivity (Wildman–Crippen MR) is 101 cm³/mol. The molecule has 1 unspecified atom stereocenters. The highest BCUT2D eigenvalue weighted by molar-refractivity contribution is 5.49. The first kappa shape index (κ1) is 18.2. The molecule has 1 aromatic rings. The minimum Gasteiger partial charge on any atom is -0.488 e. The van der Waals surface area contributed by atoms with Gasteiger partial charge in [-0.1, -0.05) is 27.2 Å². The van der Waals surface area contributed by atoms with E-state index in [0.29, 0.717) is 0 Å². The molecule has 0 N–H and O–H groups in total. The van der Waals surface area contributed by atoms with Gasteiger partial charge < -0.3 is 9.64 Å². The highest BCUT2D eigenvalue weighted by Gasteiger charge is 2.24. The molecule has 0 bridgehead atoms. The molecule has 1 aliphatic rings. The summed E-state index contributed by atoms with van der Waals surface area (Å²) >= 11 is 0. The topological polar surface area (TPSA) is 12.5 Å². The standard InChI is InChI=1S/C21H35NO/c1-5-21(4,15-9-10-18(2)3)23-20-13-11-19(12-14-20)22-16-7-6-8-17-22/h11-14,18H,5-10,15-17H2,1-4H3. The maximum absolute atomic E-state index is 6.36. The van der Waals surface area contributed by atoms with Crippen LogP contribution in [-0.2, 0) is 0 Å². The smallest absolute Gasteiger partial charge is 0.120 e. The second kappa shape index (κ2) is 8.61. The van der Waals surface area contributed by atoms with Crippen LogP contribution in [0.2, 0.25) is 0 Å². The molecule has 2 nitrogen and oxygen atoms in total. The zero-order valence-electron chi connectivity index (χ0n) is 15.6. The summed E-state index contributed by atoms with van der Waals surface area (Å²) in [7, 11) is 0. The molecule has 23 heavy (non-hydrogen) atoms. The van der Waals surface area contributed by atoms with Crippen LogP contribution in [0.1, 0.15) is 72.6 Å². The van der Waals surface area contributed by atoms with Gasteiger partial charge in [-0.3, -0.25) is 0 Å². The number of hydrogen-bond donors (Lipinski definition) is 0. The first-order valence-corrected chi connectivity index (χ1v) is 9.56. The molecule has 0 aliphatic carbocycles. The van der Waals surface area contributed by atoms with Gasteiger partial charge in [0.2, 0.25) is 0 Å². The summed E-state index contributed by atoms with van der Waals surface area (Å²) in [5.41, 5.74) is 1.30. The van der Waals surface area contributed by atoms with Crippen molar-refractivity contribution in [1.29, 1.82) is 0 Å². The van der Waals surface area contributed by atoms with E-state index in [4.69, 9.17) is 4.74 Å². The molecule has 130 valence electrons. The average molecular weight is 318 g/mol. The van der Waals surface area contributed by atoms with Crippen LogP contribution >= 0.6 is 0 Å². The fourth-order valence-corrected chi connectivity index (χ4v) is 3.35. The van der Waals surface area contributed by atoms with Crippen molar-refractivity contribution in [3.63, 3.8) is 0 Å². The maximum Gasteiger partial charge on any atom is 0.120 e. The van der Waals surface area contributed by atoms with Crippen LogP contribution in [-0.4, -0.2) is 18.7 Å². The molecule has 0 amide bonds. The molecular formula is C21H35NO. The molecule has 1 heterocycles. The maximum atomic E-state index is 6.36. The van der Waals surface area contributed by atoms with Crippen LogP contribution in [0.3, 0.4) is 0 Å². The van der Waals surface area contributed by atoms with E-state index in [1.165, 1.54) is 50.9 Å². The third-order valence-electron chi connectivity index (χ3n) is 5.16. The number of piperidine rings is 1. The predicted octanol–water partition coefficient (Wildman–Crippen LogP) is 6.05. The lowest BCUT2D eigenvalue weighted by Gasteiger charge is -2.31. The Kier molecular flexibility index (Phi) is 6.80. The van der Waals surface area contributed by atoms with E-state index in [9.17, 15) is 0 Å². The second-order valence-corrected chi connectivity index (χ2v) is 7.73. The molecule has 1 fully saturated rings. The van der Waals surface area contributed by atoms with Gasteiger partial charge in [0.1, 0.15) is 11.4 Å². The molecule has 1 aliphatic heterocycles. The van der Waals surface area contributed by atoms with Crippen molar-refractivity contribution < 1.29 is 4.74 Å². The van der Waals surface area contributed by atoms with Gasteiger partial charge in [0.25, 0.3) is 0 Å². The van der Waals surface area contributed by atoms with Crippen LogP contribution in [0.25, 0.3) is 0 Å². The fourth-order valence-electron chi connectivity index (χ4n) is 3.35. The first-order valence-electron chi connectivity index (χ1n) is 9.56. The van der Waals surface area contributed by atoms with Crippen molar-refractivity contribution >= 4 is 5.69 Å². The summed E-state index contributed by atoms with van der Waals surface area (Å²) in [5.74, 6) is 1.79. The quantitative estimate of drug-likeness (QED) is 0.578. The van der Waals surface area contributed by atoms with E-state index in [1.54, 1.807) is 0 Å². The summed E-state index contributed by atoms with van der Waals surface area (Å²) in [6, 6.07) is 8.76. The van der Waals surface area contributed by atoms with Gasteiger partial charge in [-0.05, 0) is 75.6 Å². The number of benzene rings is 1. The van der Waals surface area contributed by atoms with Gasteiger partial charge >= 0.3 is 0 Å². The molecule has 0 radical (unpaired) electrons. The first-order chi connectivity index (χ1) is 11.0. The monoisotopic (exact) mass is 317 g/mol. The van der Waals surface area contributed by atoms with Crippen LogP contribution in [0, 0.1) is 5.92 Å². The van der Waals surface area contributed by atoms with Gasteiger partial charge in [-0.25, -0.2) is 0 Å². The molecule has 0 saturated carbocycles. The van der Waals surface area contributed by atoms with Gasteiger partial charge in [0.05, 0.1) is 0 Å². The summed E-state index contributed by atoms with van der Waals surface area (Å²) in [6.45, 7) is 11.5. The van der Waals surface area contributed by atoms with Crippen molar-refractivity contribution in [2.45, 2.75) is 78.2 Å².